The molecule has 0 radical (unpaired) electrons. The summed E-state index contributed by atoms with van der Waals surface area (Å²) in [6.07, 6.45) is 3.48. The molecule has 0 N–H and O–H groups in total. The van der Waals surface area contributed by atoms with Gasteiger partial charge in [0.1, 0.15) is 5.75 Å². The van der Waals surface area contributed by atoms with Crippen molar-refractivity contribution < 1.29 is 9.53 Å². The highest BCUT2D eigenvalue weighted by Gasteiger charge is 2.26. The number of anilines is 1. The lowest BCUT2D eigenvalue weighted by atomic mass is 10.0. The van der Waals surface area contributed by atoms with Gasteiger partial charge in [-0.25, -0.2) is 9.97 Å². The number of ether oxygens (including phenoxy) is 1. The second kappa shape index (κ2) is 7.61. The van der Waals surface area contributed by atoms with Crippen molar-refractivity contribution in [1.82, 2.24) is 14.9 Å². The Morgan fingerprint density at radius 2 is 1.74 bits per heavy atom. The molecule has 4 rings (SSSR count). The molecule has 6 heteroatoms. The zero-order chi connectivity index (χ0) is 18.6. The largest absolute Gasteiger partial charge is 0.493 e. The Morgan fingerprint density at radius 3 is 2.48 bits per heavy atom. The van der Waals surface area contributed by atoms with Gasteiger partial charge >= 0.3 is 0 Å². The van der Waals surface area contributed by atoms with Crippen LogP contribution in [0.1, 0.15) is 17.3 Å². The summed E-state index contributed by atoms with van der Waals surface area (Å²) in [6, 6.07) is 13.6. The van der Waals surface area contributed by atoms with E-state index < -0.39 is 0 Å². The number of hydrogen-bond acceptors (Lipinski definition) is 5. The molecule has 0 bridgehead atoms. The SMILES string of the molecule is CCOc1ccc2ccccc2c1C(=O)N1CCN(c2ncccn2)CC1. The van der Waals surface area contributed by atoms with E-state index in [1.54, 1.807) is 18.5 Å². The van der Waals surface area contributed by atoms with E-state index in [-0.39, 0.29) is 5.91 Å². The second-order valence-corrected chi connectivity index (χ2v) is 6.42. The number of carbonyl (C=O) groups is 1. The second-order valence-electron chi connectivity index (χ2n) is 6.42. The van der Waals surface area contributed by atoms with Crippen LogP contribution >= 0.6 is 0 Å². The maximum atomic E-state index is 13.3. The van der Waals surface area contributed by atoms with Crippen molar-refractivity contribution in [3.05, 3.63) is 60.4 Å². The van der Waals surface area contributed by atoms with Gasteiger partial charge in [-0.2, -0.15) is 0 Å². The van der Waals surface area contributed by atoms with Gasteiger partial charge in [0.25, 0.3) is 5.91 Å². The molecular formula is C21H22N4O2. The Labute approximate surface area is 158 Å². The standard InChI is InChI=1S/C21H22N4O2/c1-2-27-18-9-8-16-6-3-4-7-17(16)19(18)20(26)24-12-14-25(15-13-24)21-22-10-5-11-23-21/h3-11H,2,12-15H2,1H3. The summed E-state index contributed by atoms with van der Waals surface area (Å²) in [4.78, 5) is 26.0. The molecule has 0 unspecified atom stereocenters. The lowest BCUT2D eigenvalue weighted by Gasteiger charge is -2.35. The Bertz CT molecular complexity index is 937. The average Bonchev–Trinajstić information content (AvgIpc) is 2.74. The Morgan fingerprint density at radius 1 is 1.00 bits per heavy atom. The fourth-order valence-corrected chi connectivity index (χ4v) is 3.47. The minimum atomic E-state index is 0.0175. The third kappa shape index (κ3) is 3.43. The smallest absolute Gasteiger partial charge is 0.258 e. The molecule has 0 saturated carbocycles. The van der Waals surface area contributed by atoms with Crippen molar-refractivity contribution >= 4 is 22.6 Å². The lowest BCUT2D eigenvalue weighted by molar-refractivity contribution is 0.0744. The van der Waals surface area contributed by atoms with Gasteiger partial charge < -0.3 is 14.5 Å². The molecule has 1 aromatic heterocycles. The van der Waals surface area contributed by atoms with Crippen LogP contribution in [-0.4, -0.2) is 53.6 Å². The number of aromatic nitrogens is 2. The minimum absolute atomic E-state index is 0.0175. The molecule has 2 aromatic carbocycles. The first kappa shape index (κ1) is 17.3. The first-order valence-corrected chi connectivity index (χ1v) is 9.23. The molecule has 1 aliphatic heterocycles. The molecule has 1 saturated heterocycles. The molecule has 6 nitrogen and oxygen atoms in total. The van der Waals surface area contributed by atoms with E-state index >= 15 is 0 Å². The monoisotopic (exact) mass is 362 g/mol. The van der Waals surface area contributed by atoms with Crippen LogP contribution in [0.4, 0.5) is 5.95 Å². The predicted molar refractivity (Wildman–Crippen MR) is 105 cm³/mol. The van der Waals surface area contributed by atoms with E-state index in [0.717, 1.165) is 10.8 Å². The van der Waals surface area contributed by atoms with Crippen molar-refractivity contribution in [2.75, 3.05) is 37.7 Å². The summed E-state index contributed by atoms with van der Waals surface area (Å²) >= 11 is 0. The normalized spacial score (nSPS) is 14.4. The van der Waals surface area contributed by atoms with Crippen LogP contribution in [0.25, 0.3) is 10.8 Å². The lowest BCUT2D eigenvalue weighted by Crippen LogP contribution is -2.49. The molecule has 0 aliphatic carbocycles. The van der Waals surface area contributed by atoms with Gasteiger partial charge in [0, 0.05) is 38.6 Å². The highest BCUT2D eigenvalue weighted by Crippen LogP contribution is 2.30. The molecule has 1 fully saturated rings. The summed E-state index contributed by atoms with van der Waals surface area (Å²) in [7, 11) is 0. The quantitative estimate of drug-likeness (QED) is 0.714. The zero-order valence-electron chi connectivity index (χ0n) is 15.3. The van der Waals surface area contributed by atoms with Crippen molar-refractivity contribution in [2.24, 2.45) is 0 Å². The third-order valence-corrected chi connectivity index (χ3v) is 4.81. The Kier molecular flexibility index (Phi) is 4.87. The van der Waals surface area contributed by atoms with Crippen LogP contribution in [0, 0.1) is 0 Å². The molecular weight excluding hydrogens is 340 g/mol. The molecule has 2 heterocycles. The molecule has 1 amide bonds. The van der Waals surface area contributed by atoms with Crippen LogP contribution in [0.5, 0.6) is 5.75 Å². The highest BCUT2D eigenvalue weighted by molar-refractivity contribution is 6.09. The number of benzene rings is 2. The van der Waals surface area contributed by atoms with E-state index in [2.05, 4.69) is 14.9 Å². The predicted octanol–water partition coefficient (Wildman–Crippen LogP) is 2.99. The number of nitrogens with zero attached hydrogens (tertiary/aromatic N) is 4. The maximum Gasteiger partial charge on any atom is 0.258 e. The fourth-order valence-electron chi connectivity index (χ4n) is 3.47. The topological polar surface area (TPSA) is 58.6 Å². The zero-order valence-corrected chi connectivity index (χ0v) is 15.3. The van der Waals surface area contributed by atoms with E-state index in [4.69, 9.17) is 4.74 Å². The fraction of sp³-hybridized carbons (Fsp3) is 0.286. The summed E-state index contributed by atoms with van der Waals surface area (Å²) < 4.78 is 5.77. The summed E-state index contributed by atoms with van der Waals surface area (Å²) in [5.74, 6) is 1.38. The van der Waals surface area contributed by atoms with E-state index in [9.17, 15) is 4.79 Å². The van der Waals surface area contributed by atoms with Crippen molar-refractivity contribution in [3.8, 4) is 5.75 Å². The van der Waals surface area contributed by atoms with Crippen molar-refractivity contribution in [3.63, 3.8) is 0 Å². The number of carbonyl (C=O) groups excluding carboxylic acids is 1. The summed E-state index contributed by atoms with van der Waals surface area (Å²) in [6.45, 7) is 5.15. The van der Waals surface area contributed by atoms with Crippen LogP contribution in [0.3, 0.4) is 0 Å². The number of fused-ring (bicyclic) bond motifs is 1. The van der Waals surface area contributed by atoms with Crippen LogP contribution in [-0.2, 0) is 0 Å². The Balaban J connectivity index is 1.59. The highest BCUT2D eigenvalue weighted by atomic mass is 16.5. The average molecular weight is 362 g/mol. The van der Waals surface area contributed by atoms with Gasteiger partial charge in [-0.15, -0.1) is 0 Å². The molecule has 3 aromatic rings. The molecule has 1 aliphatic rings. The molecule has 27 heavy (non-hydrogen) atoms. The van der Waals surface area contributed by atoms with E-state index in [1.165, 1.54) is 0 Å². The molecule has 0 spiro atoms. The maximum absolute atomic E-state index is 13.3. The third-order valence-electron chi connectivity index (χ3n) is 4.81. The van der Waals surface area contributed by atoms with Crippen LogP contribution < -0.4 is 9.64 Å². The van der Waals surface area contributed by atoms with Gasteiger partial charge in [-0.1, -0.05) is 30.3 Å². The van der Waals surface area contributed by atoms with Gasteiger partial charge in [0.05, 0.1) is 12.2 Å². The van der Waals surface area contributed by atoms with Crippen molar-refractivity contribution in [2.45, 2.75) is 6.92 Å². The van der Waals surface area contributed by atoms with Crippen molar-refractivity contribution in [1.29, 1.82) is 0 Å². The van der Waals surface area contributed by atoms with Gasteiger partial charge in [0.15, 0.2) is 0 Å². The first-order chi connectivity index (χ1) is 13.3. The first-order valence-electron chi connectivity index (χ1n) is 9.23. The van der Waals surface area contributed by atoms with Gasteiger partial charge in [-0.3, -0.25) is 4.79 Å². The van der Waals surface area contributed by atoms with E-state index in [1.807, 2.05) is 48.2 Å². The van der Waals surface area contributed by atoms with Gasteiger partial charge in [-0.05, 0) is 29.8 Å². The van der Waals surface area contributed by atoms with Gasteiger partial charge in [0.2, 0.25) is 5.95 Å². The Hall–Kier alpha value is -3.15. The summed E-state index contributed by atoms with van der Waals surface area (Å²) in [5, 5.41) is 1.97. The number of amides is 1. The minimum Gasteiger partial charge on any atom is -0.493 e. The number of rotatable bonds is 4. The molecule has 138 valence electrons. The molecule has 0 atom stereocenters. The van der Waals surface area contributed by atoms with Crippen LogP contribution in [0.15, 0.2) is 54.9 Å². The van der Waals surface area contributed by atoms with Crippen LogP contribution in [0.2, 0.25) is 0 Å². The number of piperazine rings is 1. The number of hydrogen-bond donors (Lipinski definition) is 0. The summed E-state index contributed by atoms with van der Waals surface area (Å²) in [5.41, 5.74) is 0.652. The van der Waals surface area contributed by atoms with E-state index in [0.29, 0.717) is 50.0 Å².